The fraction of sp³-hybridized carbons (Fsp3) is 0.133. The number of halogens is 2. The zero-order chi connectivity index (χ0) is 14.7. The lowest BCUT2D eigenvalue weighted by molar-refractivity contribution is 0.435. The minimum absolute atomic E-state index is 0.0632. The van der Waals surface area contributed by atoms with Gasteiger partial charge in [0.05, 0.1) is 11.6 Å². The quantitative estimate of drug-likeness (QED) is 0.911. The van der Waals surface area contributed by atoms with E-state index in [9.17, 15) is 4.39 Å². The molecule has 3 nitrogen and oxygen atoms in total. The third kappa shape index (κ3) is 3.16. The Morgan fingerprint density at radius 3 is 2.55 bits per heavy atom. The number of hydrogen-bond donors (Lipinski definition) is 1. The van der Waals surface area contributed by atoms with Crippen LogP contribution in [0.2, 0.25) is 0 Å². The van der Waals surface area contributed by atoms with E-state index in [2.05, 4.69) is 15.9 Å². The van der Waals surface area contributed by atoms with Gasteiger partial charge in [0.25, 0.3) is 0 Å². The van der Waals surface area contributed by atoms with Gasteiger partial charge >= 0.3 is 0 Å². The third-order valence-electron chi connectivity index (χ3n) is 2.74. The largest absolute Gasteiger partial charge is 0.454 e. The Balaban J connectivity index is 2.38. The van der Waals surface area contributed by atoms with Crippen LogP contribution in [0.1, 0.15) is 24.1 Å². The number of hydrogen-bond acceptors (Lipinski definition) is 3. The van der Waals surface area contributed by atoms with E-state index in [4.69, 9.17) is 15.7 Å². The smallest absolute Gasteiger partial charge is 0.167 e. The summed E-state index contributed by atoms with van der Waals surface area (Å²) in [5.74, 6) is -0.0253. The molecule has 1 unspecified atom stereocenters. The average molecular weight is 335 g/mol. The molecule has 2 N–H and O–H groups in total. The van der Waals surface area contributed by atoms with Crippen molar-refractivity contribution in [2.75, 3.05) is 0 Å². The van der Waals surface area contributed by atoms with Crippen LogP contribution in [0.15, 0.2) is 40.9 Å². The van der Waals surface area contributed by atoms with E-state index in [1.807, 2.05) is 19.1 Å². The van der Waals surface area contributed by atoms with Crippen LogP contribution in [0.5, 0.6) is 11.5 Å². The number of nitrogens with zero attached hydrogens (tertiary/aromatic N) is 1. The van der Waals surface area contributed by atoms with Crippen molar-refractivity contribution in [3.63, 3.8) is 0 Å². The topological polar surface area (TPSA) is 59.0 Å². The molecule has 20 heavy (non-hydrogen) atoms. The maximum atomic E-state index is 13.8. The summed E-state index contributed by atoms with van der Waals surface area (Å²) in [5, 5.41) is 8.71. The SMILES string of the molecule is CC(N)c1cc(Br)ccc1Oc1ccc(C#N)cc1F. The summed E-state index contributed by atoms with van der Waals surface area (Å²) in [5.41, 5.74) is 6.90. The molecule has 0 bridgehead atoms. The van der Waals surface area contributed by atoms with E-state index in [1.54, 1.807) is 12.1 Å². The highest BCUT2D eigenvalue weighted by Crippen LogP contribution is 2.32. The summed E-state index contributed by atoms with van der Waals surface area (Å²) >= 11 is 3.36. The molecule has 0 heterocycles. The molecule has 0 spiro atoms. The van der Waals surface area contributed by atoms with E-state index >= 15 is 0 Å². The molecule has 0 fully saturated rings. The van der Waals surface area contributed by atoms with Crippen LogP contribution in [-0.2, 0) is 0 Å². The highest BCUT2D eigenvalue weighted by atomic mass is 79.9. The van der Waals surface area contributed by atoms with Gasteiger partial charge in [0.1, 0.15) is 5.75 Å². The van der Waals surface area contributed by atoms with Crippen LogP contribution in [0, 0.1) is 17.1 Å². The third-order valence-corrected chi connectivity index (χ3v) is 3.24. The van der Waals surface area contributed by atoms with Gasteiger partial charge in [-0.15, -0.1) is 0 Å². The first-order chi connectivity index (χ1) is 9.51. The molecule has 0 radical (unpaired) electrons. The zero-order valence-corrected chi connectivity index (χ0v) is 12.3. The van der Waals surface area contributed by atoms with E-state index in [0.29, 0.717) is 5.75 Å². The molecule has 102 valence electrons. The molecular weight excluding hydrogens is 323 g/mol. The summed E-state index contributed by atoms with van der Waals surface area (Å²) in [6, 6.07) is 11.1. The number of ether oxygens (including phenoxy) is 1. The van der Waals surface area contributed by atoms with Gasteiger partial charge in [0.15, 0.2) is 11.6 Å². The Morgan fingerprint density at radius 2 is 1.95 bits per heavy atom. The predicted octanol–water partition coefficient (Wildman–Crippen LogP) is 4.27. The molecule has 0 saturated carbocycles. The van der Waals surface area contributed by atoms with Crippen LogP contribution in [0.25, 0.3) is 0 Å². The Kier molecular flexibility index (Phi) is 4.38. The maximum absolute atomic E-state index is 13.8. The van der Waals surface area contributed by atoms with E-state index in [1.165, 1.54) is 12.1 Å². The lowest BCUT2D eigenvalue weighted by Gasteiger charge is -2.14. The van der Waals surface area contributed by atoms with Crippen molar-refractivity contribution in [1.29, 1.82) is 5.26 Å². The molecule has 0 aromatic heterocycles. The second-order valence-electron chi connectivity index (χ2n) is 4.33. The molecule has 0 saturated heterocycles. The molecule has 1 atom stereocenters. The molecule has 0 aliphatic carbocycles. The first kappa shape index (κ1) is 14.5. The molecule has 0 aliphatic rings. The standard InChI is InChI=1S/C15H12BrFN2O/c1-9(19)12-7-11(16)3-5-14(12)20-15-4-2-10(8-18)6-13(15)17/h2-7,9H,19H2,1H3. The highest BCUT2D eigenvalue weighted by Gasteiger charge is 2.12. The molecular formula is C15H12BrFN2O. The number of rotatable bonds is 3. The van der Waals surface area contributed by atoms with E-state index < -0.39 is 5.82 Å². The number of nitrogens with two attached hydrogens (primary N) is 1. The maximum Gasteiger partial charge on any atom is 0.167 e. The van der Waals surface area contributed by atoms with Gasteiger partial charge in [-0.05, 0) is 43.3 Å². The Hall–Kier alpha value is -1.90. The van der Waals surface area contributed by atoms with Crippen molar-refractivity contribution in [3.8, 4) is 17.6 Å². The second kappa shape index (κ2) is 6.04. The second-order valence-corrected chi connectivity index (χ2v) is 5.25. The molecule has 2 rings (SSSR count). The summed E-state index contributed by atoms with van der Waals surface area (Å²) in [4.78, 5) is 0. The summed E-state index contributed by atoms with van der Waals surface area (Å²) in [7, 11) is 0. The predicted molar refractivity (Wildman–Crippen MR) is 77.9 cm³/mol. The molecule has 0 aliphatic heterocycles. The van der Waals surface area contributed by atoms with Crippen LogP contribution in [0.4, 0.5) is 4.39 Å². The Labute approximate surface area is 124 Å². The number of benzene rings is 2. The van der Waals surface area contributed by atoms with Crippen molar-refractivity contribution in [1.82, 2.24) is 0 Å². The van der Waals surface area contributed by atoms with Gasteiger partial charge in [0.2, 0.25) is 0 Å². The van der Waals surface area contributed by atoms with Crippen LogP contribution >= 0.6 is 15.9 Å². The Bertz CT molecular complexity index is 680. The van der Waals surface area contributed by atoms with Crippen LogP contribution < -0.4 is 10.5 Å². The van der Waals surface area contributed by atoms with Crippen molar-refractivity contribution in [2.24, 2.45) is 5.73 Å². The van der Waals surface area contributed by atoms with Gasteiger partial charge in [-0.3, -0.25) is 0 Å². The van der Waals surface area contributed by atoms with E-state index in [-0.39, 0.29) is 17.4 Å². The number of nitriles is 1. The van der Waals surface area contributed by atoms with Gasteiger partial charge < -0.3 is 10.5 Å². The van der Waals surface area contributed by atoms with Gasteiger partial charge in [-0.1, -0.05) is 15.9 Å². The van der Waals surface area contributed by atoms with Crippen molar-refractivity contribution >= 4 is 15.9 Å². The lowest BCUT2D eigenvalue weighted by Crippen LogP contribution is -2.07. The minimum Gasteiger partial charge on any atom is -0.454 e. The van der Waals surface area contributed by atoms with Crippen LogP contribution in [0.3, 0.4) is 0 Å². The first-order valence-electron chi connectivity index (χ1n) is 5.94. The average Bonchev–Trinajstić information content (AvgIpc) is 2.42. The van der Waals surface area contributed by atoms with Gasteiger partial charge in [0, 0.05) is 16.1 Å². The zero-order valence-electron chi connectivity index (χ0n) is 10.7. The first-order valence-corrected chi connectivity index (χ1v) is 6.73. The fourth-order valence-corrected chi connectivity index (χ4v) is 2.12. The monoisotopic (exact) mass is 334 g/mol. The summed E-state index contributed by atoms with van der Waals surface area (Å²) in [6.07, 6.45) is 0. The van der Waals surface area contributed by atoms with Gasteiger partial charge in [-0.2, -0.15) is 5.26 Å². The highest BCUT2D eigenvalue weighted by molar-refractivity contribution is 9.10. The van der Waals surface area contributed by atoms with Crippen molar-refractivity contribution < 1.29 is 9.13 Å². The normalized spacial score (nSPS) is 11.8. The molecule has 5 heteroatoms. The van der Waals surface area contributed by atoms with E-state index in [0.717, 1.165) is 16.1 Å². The van der Waals surface area contributed by atoms with Crippen molar-refractivity contribution in [3.05, 3.63) is 57.8 Å². The summed E-state index contributed by atoms with van der Waals surface area (Å²) < 4.78 is 20.3. The van der Waals surface area contributed by atoms with Gasteiger partial charge in [-0.25, -0.2) is 4.39 Å². The fourth-order valence-electron chi connectivity index (χ4n) is 1.74. The Morgan fingerprint density at radius 1 is 1.25 bits per heavy atom. The van der Waals surface area contributed by atoms with Crippen LogP contribution in [-0.4, -0.2) is 0 Å². The lowest BCUT2D eigenvalue weighted by atomic mass is 10.1. The molecule has 2 aromatic rings. The molecule has 0 amide bonds. The molecule has 2 aromatic carbocycles. The van der Waals surface area contributed by atoms with Crippen molar-refractivity contribution in [2.45, 2.75) is 13.0 Å². The summed E-state index contributed by atoms with van der Waals surface area (Å²) in [6.45, 7) is 1.82. The minimum atomic E-state index is -0.581.